The number of fused-ring (bicyclic) bond motifs is 1. The Balaban J connectivity index is 2.04. The Kier molecular flexibility index (Phi) is 5.69. The maximum absolute atomic E-state index is 13.0. The molecular weight excluding hydrogens is 342 g/mol. The number of benzene rings is 1. The first-order chi connectivity index (χ1) is 13.1. The van der Waals surface area contributed by atoms with Crippen molar-refractivity contribution < 1.29 is 4.79 Å². The minimum absolute atomic E-state index is 0.0575. The molecule has 1 N–H and O–H groups in total. The van der Waals surface area contributed by atoms with E-state index in [1.807, 2.05) is 51.1 Å². The second kappa shape index (κ2) is 8.16. The third-order valence-electron chi connectivity index (χ3n) is 4.48. The topological polar surface area (TPSA) is 81.8 Å². The molecule has 7 nitrogen and oxygen atoms in total. The van der Waals surface area contributed by atoms with E-state index < -0.39 is 0 Å². The zero-order valence-corrected chi connectivity index (χ0v) is 16.0. The van der Waals surface area contributed by atoms with Crippen LogP contribution in [0.3, 0.4) is 0 Å². The van der Waals surface area contributed by atoms with Gasteiger partial charge in [-0.1, -0.05) is 25.1 Å². The quantitative estimate of drug-likeness (QED) is 0.695. The number of rotatable bonds is 7. The number of nitrogens with one attached hydrogen (secondary N) is 1. The van der Waals surface area contributed by atoms with E-state index in [1.165, 1.54) is 0 Å². The van der Waals surface area contributed by atoms with E-state index in [2.05, 4.69) is 15.4 Å². The molecule has 3 rings (SSSR count). The molecule has 0 aliphatic carbocycles. The fourth-order valence-electron chi connectivity index (χ4n) is 3.10. The third kappa shape index (κ3) is 3.77. The molecule has 0 unspecified atom stereocenters. The maximum Gasteiger partial charge on any atom is 0.273 e. The van der Waals surface area contributed by atoms with Crippen LogP contribution in [0.4, 0.5) is 0 Å². The highest BCUT2D eigenvalue weighted by molar-refractivity contribution is 5.77. The molecule has 0 bridgehead atoms. The average molecular weight is 367 g/mol. The number of hydrogen-bond acceptors (Lipinski definition) is 4. The van der Waals surface area contributed by atoms with Gasteiger partial charge in [0.25, 0.3) is 5.56 Å². The smallest absolute Gasteiger partial charge is 0.273 e. The Morgan fingerprint density at radius 2 is 1.93 bits per heavy atom. The van der Waals surface area contributed by atoms with Crippen LogP contribution in [0.15, 0.2) is 35.1 Å². The van der Waals surface area contributed by atoms with Gasteiger partial charge in [0.15, 0.2) is 5.65 Å². The van der Waals surface area contributed by atoms with Gasteiger partial charge in [-0.2, -0.15) is 5.10 Å². The molecule has 0 spiro atoms. The minimum atomic E-state index is -0.162. The van der Waals surface area contributed by atoms with Gasteiger partial charge in [0.1, 0.15) is 11.2 Å². The van der Waals surface area contributed by atoms with Crippen molar-refractivity contribution in [3.8, 4) is 5.69 Å². The van der Waals surface area contributed by atoms with Crippen LogP contribution in [-0.4, -0.2) is 31.8 Å². The molecule has 0 fully saturated rings. The number of aromatic nitrogens is 4. The van der Waals surface area contributed by atoms with Crippen LogP contribution in [0.5, 0.6) is 0 Å². The first-order valence-corrected chi connectivity index (χ1v) is 9.38. The molecule has 0 aliphatic rings. The third-order valence-corrected chi connectivity index (χ3v) is 4.48. The molecular formula is C20H25N5O2. The van der Waals surface area contributed by atoms with Crippen molar-refractivity contribution in [3.63, 3.8) is 0 Å². The van der Waals surface area contributed by atoms with Crippen LogP contribution in [0.1, 0.15) is 38.1 Å². The van der Waals surface area contributed by atoms with E-state index in [1.54, 1.807) is 9.25 Å². The molecule has 0 radical (unpaired) electrons. The van der Waals surface area contributed by atoms with Crippen LogP contribution in [0, 0.1) is 6.92 Å². The van der Waals surface area contributed by atoms with Gasteiger partial charge in [-0.25, -0.2) is 9.67 Å². The van der Waals surface area contributed by atoms with Crippen LogP contribution in [0.25, 0.3) is 16.9 Å². The lowest BCUT2D eigenvalue weighted by Gasteiger charge is -2.11. The number of hydrogen-bond donors (Lipinski definition) is 1. The number of carbonyl (C=O) groups excluding carboxylic acids is 1. The summed E-state index contributed by atoms with van der Waals surface area (Å²) in [6, 6.07) is 9.70. The summed E-state index contributed by atoms with van der Waals surface area (Å²) in [5.41, 5.74) is 3.27. The Hall–Kier alpha value is -2.96. The van der Waals surface area contributed by atoms with E-state index >= 15 is 0 Å². The molecule has 142 valence electrons. The average Bonchev–Trinajstić information content (AvgIpc) is 3.01. The molecule has 0 saturated carbocycles. The van der Waals surface area contributed by atoms with Gasteiger partial charge in [-0.3, -0.25) is 14.2 Å². The fraction of sp³-hybridized carbons (Fsp3) is 0.400. The molecule has 27 heavy (non-hydrogen) atoms. The zero-order chi connectivity index (χ0) is 19.4. The summed E-state index contributed by atoms with van der Waals surface area (Å²) in [7, 11) is 0. The molecule has 0 atom stereocenters. The highest BCUT2D eigenvalue weighted by Crippen LogP contribution is 2.19. The van der Waals surface area contributed by atoms with E-state index in [-0.39, 0.29) is 17.9 Å². The lowest BCUT2D eigenvalue weighted by atomic mass is 10.2. The van der Waals surface area contributed by atoms with Crippen molar-refractivity contribution in [2.45, 2.75) is 46.6 Å². The predicted molar refractivity (Wildman–Crippen MR) is 105 cm³/mol. The van der Waals surface area contributed by atoms with Crippen LogP contribution < -0.4 is 10.9 Å². The minimum Gasteiger partial charge on any atom is -0.356 e. The summed E-state index contributed by atoms with van der Waals surface area (Å²) in [6.45, 7) is 6.97. The summed E-state index contributed by atoms with van der Waals surface area (Å²) >= 11 is 0. The normalized spacial score (nSPS) is 11.1. The van der Waals surface area contributed by atoms with Crippen molar-refractivity contribution in [2.75, 3.05) is 6.54 Å². The van der Waals surface area contributed by atoms with Crippen molar-refractivity contribution in [2.24, 2.45) is 0 Å². The highest BCUT2D eigenvalue weighted by Gasteiger charge is 2.18. The van der Waals surface area contributed by atoms with Crippen LogP contribution >= 0.6 is 0 Å². The number of aryl methyl sites for hydroxylation is 3. The van der Waals surface area contributed by atoms with Crippen LogP contribution in [-0.2, 0) is 17.8 Å². The maximum atomic E-state index is 13.0. The standard InChI is InChI=1S/C20H25N5O2/c1-4-13-21-17(26)12-11-16-20(27)24(5-2)19-18(22-16)14(3)23-25(19)15-9-7-6-8-10-15/h6-10H,4-5,11-13H2,1-3H3,(H,21,26). The van der Waals surface area contributed by atoms with Gasteiger partial charge < -0.3 is 5.32 Å². The van der Waals surface area contributed by atoms with Gasteiger partial charge >= 0.3 is 0 Å². The first-order valence-electron chi connectivity index (χ1n) is 9.38. The summed E-state index contributed by atoms with van der Waals surface area (Å²) < 4.78 is 3.45. The molecule has 1 aromatic carbocycles. The molecule has 0 aliphatic heterocycles. The van der Waals surface area contributed by atoms with Crippen molar-refractivity contribution in [1.29, 1.82) is 0 Å². The Morgan fingerprint density at radius 3 is 2.59 bits per heavy atom. The van der Waals surface area contributed by atoms with Crippen molar-refractivity contribution >= 4 is 17.1 Å². The second-order valence-corrected chi connectivity index (χ2v) is 6.46. The SMILES string of the molecule is CCCNC(=O)CCc1nc2c(C)nn(-c3ccccc3)c2n(CC)c1=O. The number of amides is 1. The van der Waals surface area contributed by atoms with Gasteiger partial charge in [0.2, 0.25) is 5.91 Å². The monoisotopic (exact) mass is 367 g/mol. The summed E-state index contributed by atoms with van der Waals surface area (Å²) in [6.07, 6.45) is 1.46. The van der Waals surface area contributed by atoms with Gasteiger partial charge in [0, 0.05) is 25.9 Å². The van der Waals surface area contributed by atoms with Gasteiger partial charge in [0.05, 0.1) is 11.4 Å². The number of carbonyl (C=O) groups is 1. The fourth-order valence-corrected chi connectivity index (χ4v) is 3.10. The van der Waals surface area contributed by atoms with Crippen LogP contribution in [0.2, 0.25) is 0 Å². The van der Waals surface area contributed by atoms with E-state index in [9.17, 15) is 9.59 Å². The predicted octanol–water partition coefficient (Wildman–Crippen LogP) is 2.37. The Morgan fingerprint density at radius 1 is 1.19 bits per heavy atom. The molecule has 3 aromatic rings. The molecule has 2 aromatic heterocycles. The molecule has 1 amide bonds. The lowest BCUT2D eigenvalue weighted by Crippen LogP contribution is -2.29. The van der Waals surface area contributed by atoms with Gasteiger partial charge in [-0.15, -0.1) is 0 Å². The van der Waals surface area contributed by atoms with Crippen molar-refractivity contribution in [3.05, 3.63) is 52.1 Å². The molecule has 7 heteroatoms. The second-order valence-electron chi connectivity index (χ2n) is 6.46. The summed E-state index contributed by atoms with van der Waals surface area (Å²) in [4.78, 5) is 29.4. The summed E-state index contributed by atoms with van der Waals surface area (Å²) in [5.74, 6) is -0.0575. The van der Waals surface area contributed by atoms with E-state index in [0.717, 1.165) is 17.8 Å². The van der Waals surface area contributed by atoms with Crippen molar-refractivity contribution in [1.82, 2.24) is 24.6 Å². The number of nitrogens with zero attached hydrogens (tertiary/aromatic N) is 4. The largest absolute Gasteiger partial charge is 0.356 e. The number of para-hydroxylation sites is 1. The van der Waals surface area contributed by atoms with E-state index in [4.69, 9.17) is 0 Å². The Labute approximate surface area is 158 Å². The molecule has 2 heterocycles. The van der Waals surface area contributed by atoms with E-state index in [0.29, 0.717) is 36.4 Å². The first kappa shape index (κ1) is 18.8. The summed E-state index contributed by atoms with van der Waals surface area (Å²) in [5, 5.41) is 7.43. The zero-order valence-electron chi connectivity index (χ0n) is 16.0. The van der Waals surface area contributed by atoms with Gasteiger partial charge in [-0.05, 0) is 32.4 Å². The lowest BCUT2D eigenvalue weighted by molar-refractivity contribution is -0.121. The highest BCUT2D eigenvalue weighted by atomic mass is 16.1. The molecule has 0 saturated heterocycles. The Bertz CT molecular complexity index is 1000.